The number of aliphatic hydroxyl groups excluding tert-OH is 1. The number of aromatic nitrogens is 3. The number of carboxylic acids is 1. The molecule has 0 atom stereocenters. The Morgan fingerprint density at radius 1 is 1.07 bits per heavy atom. The molecule has 0 aliphatic heterocycles. The number of fused-ring (bicyclic) bond motifs is 1. The minimum atomic E-state index is -0.970. The fourth-order valence-electron chi connectivity index (χ4n) is 2.85. The molecule has 0 saturated heterocycles. The summed E-state index contributed by atoms with van der Waals surface area (Å²) in [6.45, 7) is -0.0250. The van der Waals surface area contributed by atoms with Gasteiger partial charge in [-0.25, -0.2) is 9.31 Å². The first kappa shape index (κ1) is 16.7. The number of benzene rings is 2. The van der Waals surface area contributed by atoms with Crippen molar-refractivity contribution >= 4 is 23.3 Å². The summed E-state index contributed by atoms with van der Waals surface area (Å²) in [6, 6.07) is 17.8. The van der Waals surface area contributed by atoms with E-state index < -0.39 is 5.97 Å². The number of pyridine rings is 1. The third-order valence-electron chi connectivity index (χ3n) is 4.17. The van der Waals surface area contributed by atoms with E-state index in [0.29, 0.717) is 17.3 Å². The van der Waals surface area contributed by atoms with Crippen LogP contribution in [0, 0.1) is 0 Å². The molecular weight excluding hydrogens is 344 g/mol. The van der Waals surface area contributed by atoms with Crippen molar-refractivity contribution in [1.29, 1.82) is 0 Å². The fraction of sp³-hybridized carbons (Fsp3) is 0.0500. The molecule has 4 rings (SSSR count). The standard InChI is InChI=1S/C20H16N4O3/c25-12-13-3-1-4-15(11-13)17-5-2-10-24-18(17)22-20(23-24)21-16-8-6-14(7-9-16)19(26)27/h1-11,25H,12H2,(H,21,23)(H,26,27). The van der Waals surface area contributed by atoms with Crippen LogP contribution in [-0.2, 0) is 6.61 Å². The quantitative estimate of drug-likeness (QED) is 0.505. The van der Waals surface area contributed by atoms with Crippen LogP contribution in [0.15, 0.2) is 66.9 Å². The first-order valence-corrected chi connectivity index (χ1v) is 8.30. The van der Waals surface area contributed by atoms with Crippen molar-refractivity contribution in [2.45, 2.75) is 6.61 Å². The van der Waals surface area contributed by atoms with Crippen LogP contribution in [0.25, 0.3) is 16.8 Å². The van der Waals surface area contributed by atoms with E-state index in [1.807, 2.05) is 36.4 Å². The molecule has 134 valence electrons. The summed E-state index contributed by atoms with van der Waals surface area (Å²) in [5.41, 5.74) is 4.25. The number of aromatic carboxylic acids is 1. The van der Waals surface area contributed by atoms with Crippen LogP contribution < -0.4 is 5.32 Å². The lowest BCUT2D eigenvalue weighted by atomic mass is 10.0. The van der Waals surface area contributed by atoms with Gasteiger partial charge in [0.1, 0.15) is 0 Å². The van der Waals surface area contributed by atoms with Gasteiger partial charge in [-0.2, -0.15) is 4.98 Å². The lowest BCUT2D eigenvalue weighted by Gasteiger charge is -2.04. The predicted octanol–water partition coefficient (Wildman–Crippen LogP) is 3.33. The van der Waals surface area contributed by atoms with Crippen LogP contribution in [0.1, 0.15) is 15.9 Å². The number of nitrogens with zero attached hydrogens (tertiary/aromatic N) is 3. The highest BCUT2D eigenvalue weighted by atomic mass is 16.4. The molecule has 0 bridgehead atoms. The molecule has 0 amide bonds. The third kappa shape index (κ3) is 3.36. The van der Waals surface area contributed by atoms with Crippen molar-refractivity contribution in [3.63, 3.8) is 0 Å². The number of rotatable bonds is 5. The van der Waals surface area contributed by atoms with E-state index in [-0.39, 0.29) is 12.2 Å². The summed E-state index contributed by atoms with van der Waals surface area (Å²) < 4.78 is 1.68. The van der Waals surface area contributed by atoms with E-state index in [2.05, 4.69) is 15.4 Å². The monoisotopic (exact) mass is 360 g/mol. The molecule has 0 spiro atoms. The van der Waals surface area contributed by atoms with Crippen molar-refractivity contribution in [2.24, 2.45) is 0 Å². The van der Waals surface area contributed by atoms with Gasteiger partial charge in [-0.05, 0) is 53.6 Å². The van der Waals surface area contributed by atoms with Gasteiger partial charge in [0.15, 0.2) is 5.65 Å². The Morgan fingerprint density at radius 3 is 2.63 bits per heavy atom. The van der Waals surface area contributed by atoms with Gasteiger partial charge in [-0.3, -0.25) is 0 Å². The lowest BCUT2D eigenvalue weighted by molar-refractivity contribution is 0.0697. The van der Waals surface area contributed by atoms with Crippen LogP contribution in [0.5, 0.6) is 0 Å². The molecule has 0 unspecified atom stereocenters. The SMILES string of the molecule is O=C(O)c1ccc(Nc2nc3c(-c4cccc(CO)c4)cccn3n2)cc1. The van der Waals surface area contributed by atoms with Crippen molar-refractivity contribution in [1.82, 2.24) is 14.6 Å². The zero-order valence-electron chi connectivity index (χ0n) is 14.2. The zero-order chi connectivity index (χ0) is 18.8. The van der Waals surface area contributed by atoms with E-state index in [1.165, 1.54) is 12.1 Å². The molecule has 27 heavy (non-hydrogen) atoms. The van der Waals surface area contributed by atoms with Gasteiger partial charge >= 0.3 is 5.97 Å². The predicted molar refractivity (Wildman–Crippen MR) is 101 cm³/mol. The van der Waals surface area contributed by atoms with Gasteiger partial charge in [-0.15, -0.1) is 5.10 Å². The van der Waals surface area contributed by atoms with Crippen LogP contribution in [0.4, 0.5) is 11.6 Å². The first-order chi connectivity index (χ1) is 13.1. The summed E-state index contributed by atoms with van der Waals surface area (Å²) in [4.78, 5) is 15.5. The third-order valence-corrected chi connectivity index (χ3v) is 4.17. The van der Waals surface area contributed by atoms with Crippen molar-refractivity contribution in [3.8, 4) is 11.1 Å². The van der Waals surface area contributed by atoms with Crippen LogP contribution in [0.3, 0.4) is 0 Å². The molecule has 4 aromatic rings. The average Bonchev–Trinajstić information content (AvgIpc) is 3.10. The minimum Gasteiger partial charge on any atom is -0.478 e. The summed E-state index contributed by atoms with van der Waals surface area (Å²) >= 11 is 0. The average molecular weight is 360 g/mol. The Labute approximate surface area is 154 Å². The van der Waals surface area contributed by atoms with Gasteiger partial charge in [-0.1, -0.05) is 18.2 Å². The normalized spacial score (nSPS) is 10.9. The Kier molecular flexibility index (Phi) is 4.27. The molecular formula is C20H16N4O3. The molecule has 0 radical (unpaired) electrons. The molecule has 2 heterocycles. The lowest BCUT2D eigenvalue weighted by Crippen LogP contribution is -1.97. The van der Waals surface area contributed by atoms with E-state index in [0.717, 1.165) is 16.7 Å². The van der Waals surface area contributed by atoms with Gasteiger partial charge in [0.25, 0.3) is 0 Å². The molecule has 7 nitrogen and oxygen atoms in total. The topological polar surface area (TPSA) is 99.8 Å². The molecule has 0 saturated carbocycles. The highest BCUT2D eigenvalue weighted by Gasteiger charge is 2.11. The Bertz CT molecular complexity index is 1120. The van der Waals surface area contributed by atoms with Crippen molar-refractivity contribution in [3.05, 3.63) is 78.0 Å². The Balaban J connectivity index is 1.69. The number of carbonyl (C=O) groups is 1. The summed E-state index contributed by atoms with van der Waals surface area (Å²) in [7, 11) is 0. The largest absolute Gasteiger partial charge is 0.478 e. The maximum Gasteiger partial charge on any atom is 0.335 e. The summed E-state index contributed by atoms with van der Waals surface area (Å²) in [6.07, 6.45) is 1.81. The van der Waals surface area contributed by atoms with E-state index in [9.17, 15) is 9.90 Å². The van der Waals surface area contributed by atoms with Gasteiger partial charge in [0.2, 0.25) is 5.95 Å². The second kappa shape index (κ2) is 6.89. The Morgan fingerprint density at radius 2 is 1.89 bits per heavy atom. The molecule has 3 N–H and O–H groups in total. The maximum absolute atomic E-state index is 10.9. The molecule has 0 fully saturated rings. The van der Waals surface area contributed by atoms with E-state index in [4.69, 9.17) is 5.11 Å². The Hall–Kier alpha value is -3.71. The molecule has 7 heteroatoms. The second-order valence-corrected chi connectivity index (χ2v) is 5.99. The maximum atomic E-state index is 10.9. The van der Waals surface area contributed by atoms with Crippen molar-refractivity contribution < 1.29 is 15.0 Å². The highest BCUT2D eigenvalue weighted by molar-refractivity contribution is 5.88. The number of hydrogen-bond acceptors (Lipinski definition) is 5. The molecule has 2 aromatic heterocycles. The van der Waals surface area contributed by atoms with Crippen molar-refractivity contribution in [2.75, 3.05) is 5.32 Å². The number of carboxylic acid groups (broad SMARTS) is 1. The summed E-state index contributed by atoms with van der Waals surface area (Å²) in [5.74, 6) is -0.564. The highest BCUT2D eigenvalue weighted by Crippen LogP contribution is 2.26. The molecule has 0 aliphatic rings. The zero-order valence-corrected chi connectivity index (χ0v) is 14.2. The smallest absolute Gasteiger partial charge is 0.335 e. The number of anilines is 2. The van der Waals surface area contributed by atoms with E-state index in [1.54, 1.807) is 22.8 Å². The molecule has 0 aliphatic carbocycles. The van der Waals surface area contributed by atoms with E-state index >= 15 is 0 Å². The number of hydrogen-bond donors (Lipinski definition) is 3. The fourth-order valence-corrected chi connectivity index (χ4v) is 2.85. The van der Waals surface area contributed by atoms with Gasteiger partial charge in [0.05, 0.1) is 12.2 Å². The second-order valence-electron chi connectivity index (χ2n) is 5.99. The van der Waals surface area contributed by atoms with Crippen LogP contribution in [0.2, 0.25) is 0 Å². The number of nitrogens with one attached hydrogen (secondary N) is 1. The van der Waals surface area contributed by atoms with Gasteiger partial charge in [0, 0.05) is 17.4 Å². The van der Waals surface area contributed by atoms with Crippen LogP contribution in [-0.4, -0.2) is 30.8 Å². The first-order valence-electron chi connectivity index (χ1n) is 8.30. The molecule has 2 aromatic carbocycles. The van der Waals surface area contributed by atoms with Gasteiger partial charge < -0.3 is 15.5 Å². The minimum absolute atomic E-state index is 0.0250. The van der Waals surface area contributed by atoms with Crippen LogP contribution >= 0.6 is 0 Å². The summed E-state index contributed by atoms with van der Waals surface area (Å²) in [5, 5.41) is 25.8. The number of aliphatic hydroxyl groups is 1.